The van der Waals surface area contributed by atoms with E-state index in [-0.39, 0.29) is 17.7 Å². The van der Waals surface area contributed by atoms with Crippen LogP contribution in [-0.2, 0) is 22.6 Å². The third kappa shape index (κ3) is 4.47. The van der Waals surface area contributed by atoms with Crippen LogP contribution in [-0.4, -0.2) is 53.8 Å². The van der Waals surface area contributed by atoms with Crippen molar-refractivity contribution in [1.82, 2.24) is 9.80 Å². The molecule has 0 saturated carbocycles. The molecule has 0 spiro atoms. The van der Waals surface area contributed by atoms with Crippen molar-refractivity contribution < 1.29 is 19.1 Å². The maximum absolute atomic E-state index is 13.5. The molecule has 2 aliphatic heterocycles. The second-order valence-corrected chi connectivity index (χ2v) is 8.30. The fraction of sp³-hybridized carbons (Fsp3) is 0.400. The monoisotopic (exact) mass is 435 g/mol. The Kier molecular flexibility index (Phi) is 6.44. The number of anilines is 1. The molecule has 32 heavy (non-hydrogen) atoms. The molecule has 1 fully saturated rings. The fourth-order valence-electron chi connectivity index (χ4n) is 4.42. The van der Waals surface area contributed by atoms with E-state index in [4.69, 9.17) is 4.74 Å². The van der Waals surface area contributed by atoms with Gasteiger partial charge in [-0.05, 0) is 54.3 Å². The number of nitrogens with one attached hydrogen (secondary N) is 1. The highest BCUT2D eigenvalue weighted by Gasteiger charge is 2.38. The van der Waals surface area contributed by atoms with E-state index in [2.05, 4.69) is 5.32 Å². The van der Waals surface area contributed by atoms with E-state index >= 15 is 0 Å². The van der Waals surface area contributed by atoms with E-state index in [1.165, 1.54) is 0 Å². The Morgan fingerprint density at radius 3 is 2.56 bits per heavy atom. The molecule has 2 aliphatic rings. The number of carbonyl (C=O) groups excluding carboxylic acids is 3. The summed E-state index contributed by atoms with van der Waals surface area (Å²) in [6, 6.07) is 12.2. The van der Waals surface area contributed by atoms with Crippen LogP contribution in [0, 0.1) is 0 Å². The first-order valence-electron chi connectivity index (χ1n) is 11.2. The van der Waals surface area contributed by atoms with Crippen molar-refractivity contribution in [2.45, 2.75) is 45.2 Å². The summed E-state index contributed by atoms with van der Waals surface area (Å²) in [7, 11) is 1.56. The Hall–Kier alpha value is -3.35. The molecule has 0 bridgehead atoms. The molecule has 7 nitrogen and oxygen atoms in total. The molecule has 4 rings (SSSR count). The smallest absolute Gasteiger partial charge is 0.254 e. The number of hydrogen-bond acceptors (Lipinski definition) is 4. The SMILES string of the molecule is CCC(=O)Nc1ccc2c(c1)CN(C(=O)c1cccc(OC)c1)C(C(=O)N1CCCC1)C2. The molecule has 1 N–H and O–H groups in total. The van der Waals surface area contributed by atoms with Crippen LogP contribution in [0.4, 0.5) is 5.69 Å². The van der Waals surface area contributed by atoms with Gasteiger partial charge in [-0.3, -0.25) is 14.4 Å². The molecule has 7 heteroatoms. The van der Waals surface area contributed by atoms with Crippen LogP contribution < -0.4 is 10.1 Å². The van der Waals surface area contributed by atoms with Crippen LogP contribution in [0.1, 0.15) is 47.7 Å². The van der Waals surface area contributed by atoms with Crippen molar-refractivity contribution in [3.05, 3.63) is 59.2 Å². The van der Waals surface area contributed by atoms with Crippen molar-refractivity contribution in [3.8, 4) is 5.75 Å². The second kappa shape index (κ2) is 9.42. The minimum absolute atomic E-state index is 0.00718. The Balaban J connectivity index is 1.67. The third-order valence-electron chi connectivity index (χ3n) is 6.22. The Labute approximate surface area is 188 Å². The molecule has 1 saturated heterocycles. The number of nitrogens with zero attached hydrogens (tertiary/aromatic N) is 2. The minimum Gasteiger partial charge on any atom is -0.497 e. The van der Waals surface area contributed by atoms with E-state index in [1.54, 1.807) is 43.2 Å². The molecule has 3 amide bonds. The van der Waals surface area contributed by atoms with E-state index in [1.807, 2.05) is 23.1 Å². The second-order valence-electron chi connectivity index (χ2n) is 8.30. The summed E-state index contributed by atoms with van der Waals surface area (Å²) in [5.41, 5.74) is 3.17. The van der Waals surface area contributed by atoms with E-state index in [0.29, 0.717) is 36.4 Å². The average Bonchev–Trinajstić information content (AvgIpc) is 3.37. The maximum atomic E-state index is 13.5. The lowest BCUT2D eigenvalue weighted by molar-refractivity contribution is -0.135. The lowest BCUT2D eigenvalue weighted by atomic mass is 9.92. The van der Waals surface area contributed by atoms with Gasteiger partial charge < -0.3 is 19.9 Å². The van der Waals surface area contributed by atoms with Gasteiger partial charge in [-0.2, -0.15) is 0 Å². The lowest BCUT2D eigenvalue weighted by Crippen LogP contribution is -2.53. The Morgan fingerprint density at radius 2 is 1.84 bits per heavy atom. The van der Waals surface area contributed by atoms with Gasteiger partial charge in [0, 0.05) is 43.7 Å². The van der Waals surface area contributed by atoms with Gasteiger partial charge in [-0.25, -0.2) is 0 Å². The highest BCUT2D eigenvalue weighted by atomic mass is 16.5. The topological polar surface area (TPSA) is 79.0 Å². The highest BCUT2D eigenvalue weighted by Crippen LogP contribution is 2.30. The molecule has 2 aromatic carbocycles. The summed E-state index contributed by atoms with van der Waals surface area (Å²) in [5, 5.41) is 2.88. The van der Waals surface area contributed by atoms with Gasteiger partial charge in [-0.1, -0.05) is 19.1 Å². The molecule has 0 aromatic heterocycles. The molecular weight excluding hydrogens is 406 g/mol. The molecule has 1 unspecified atom stereocenters. The first-order chi connectivity index (χ1) is 15.5. The predicted octanol–water partition coefficient (Wildman–Crippen LogP) is 3.23. The van der Waals surface area contributed by atoms with E-state index < -0.39 is 6.04 Å². The molecule has 168 valence electrons. The van der Waals surface area contributed by atoms with Crippen LogP contribution in [0.5, 0.6) is 5.75 Å². The van der Waals surface area contributed by atoms with Gasteiger partial charge in [-0.15, -0.1) is 0 Å². The standard InChI is InChI=1S/C25H29N3O4/c1-3-23(29)26-20-10-9-17-15-22(25(31)27-11-4-5-12-27)28(16-19(17)13-20)24(30)18-7-6-8-21(14-18)32-2/h6-10,13-14,22H,3-5,11-12,15-16H2,1-2H3,(H,26,29). The lowest BCUT2D eigenvalue weighted by Gasteiger charge is -2.38. The van der Waals surface area contributed by atoms with Crippen LogP contribution in [0.25, 0.3) is 0 Å². The van der Waals surface area contributed by atoms with Gasteiger partial charge in [0.1, 0.15) is 11.8 Å². The summed E-state index contributed by atoms with van der Waals surface area (Å²) in [5.74, 6) is 0.343. The van der Waals surface area contributed by atoms with Gasteiger partial charge in [0.05, 0.1) is 7.11 Å². The largest absolute Gasteiger partial charge is 0.497 e. The molecule has 2 aromatic rings. The molecule has 1 atom stereocenters. The molecule has 0 aliphatic carbocycles. The van der Waals surface area contributed by atoms with Crippen molar-refractivity contribution >= 4 is 23.4 Å². The van der Waals surface area contributed by atoms with Crippen molar-refractivity contribution in [2.75, 3.05) is 25.5 Å². The summed E-state index contributed by atoms with van der Waals surface area (Å²) >= 11 is 0. The average molecular weight is 436 g/mol. The van der Waals surface area contributed by atoms with E-state index in [0.717, 1.165) is 37.1 Å². The van der Waals surface area contributed by atoms with Gasteiger partial charge in [0.2, 0.25) is 11.8 Å². The number of methoxy groups -OCH3 is 1. The number of hydrogen-bond donors (Lipinski definition) is 1. The molecular formula is C25H29N3O4. The van der Waals surface area contributed by atoms with Crippen molar-refractivity contribution in [1.29, 1.82) is 0 Å². The maximum Gasteiger partial charge on any atom is 0.254 e. The third-order valence-corrected chi connectivity index (χ3v) is 6.22. The number of rotatable bonds is 5. The van der Waals surface area contributed by atoms with Crippen LogP contribution in [0.2, 0.25) is 0 Å². The van der Waals surface area contributed by atoms with Crippen LogP contribution in [0.3, 0.4) is 0 Å². The highest BCUT2D eigenvalue weighted by molar-refractivity contribution is 5.98. The number of ether oxygens (including phenoxy) is 1. The summed E-state index contributed by atoms with van der Waals surface area (Å²) in [6.45, 7) is 3.60. The summed E-state index contributed by atoms with van der Waals surface area (Å²) in [4.78, 5) is 42.3. The molecule has 0 radical (unpaired) electrons. The minimum atomic E-state index is -0.546. The van der Waals surface area contributed by atoms with Gasteiger partial charge >= 0.3 is 0 Å². The number of carbonyl (C=O) groups is 3. The van der Waals surface area contributed by atoms with Gasteiger partial charge in [0.25, 0.3) is 5.91 Å². The van der Waals surface area contributed by atoms with Crippen LogP contribution in [0.15, 0.2) is 42.5 Å². The first kappa shape index (κ1) is 21.9. The van der Waals surface area contributed by atoms with Crippen LogP contribution >= 0.6 is 0 Å². The van der Waals surface area contributed by atoms with Crippen molar-refractivity contribution in [3.63, 3.8) is 0 Å². The zero-order valence-electron chi connectivity index (χ0n) is 18.6. The van der Waals surface area contributed by atoms with Crippen molar-refractivity contribution in [2.24, 2.45) is 0 Å². The van der Waals surface area contributed by atoms with E-state index in [9.17, 15) is 14.4 Å². The quantitative estimate of drug-likeness (QED) is 0.782. The Morgan fingerprint density at radius 1 is 1.06 bits per heavy atom. The number of fused-ring (bicyclic) bond motifs is 1. The zero-order chi connectivity index (χ0) is 22.7. The van der Waals surface area contributed by atoms with Gasteiger partial charge in [0.15, 0.2) is 0 Å². The normalized spacial score (nSPS) is 17.6. The number of likely N-dealkylation sites (tertiary alicyclic amines) is 1. The first-order valence-corrected chi connectivity index (χ1v) is 11.2. The number of benzene rings is 2. The predicted molar refractivity (Wildman–Crippen MR) is 122 cm³/mol. The molecule has 2 heterocycles. The Bertz CT molecular complexity index is 1030. The zero-order valence-corrected chi connectivity index (χ0v) is 18.6. The number of amides is 3. The fourth-order valence-corrected chi connectivity index (χ4v) is 4.42. The summed E-state index contributed by atoms with van der Waals surface area (Å²) < 4.78 is 5.28. The summed E-state index contributed by atoms with van der Waals surface area (Å²) in [6.07, 6.45) is 2.85.